The molecule has 0 radical (unpaired) electrons. The van der Waals surface area contributed by atoms with Crippen LogP contribution in [0, 0.1) is 18.7 Å². The fourth-order valence-corrected chi connectivity index (χ4v) is 4.13. The third-order valence-corrected chi connectivity index (χ3v) is 6.26. The van der Waals surface area contributed by atoms with E-state index in [9.17, 15) is 14.0 Å². The lowest BCUT2D eigenvalue weighted by molar-refractivity contribution is -0.126. The largest absolute Gasteiger partial charge is 0.493 e. The van der Waals surface area contributed by atoms with Crippen LogP contribution in [-0.2, 0) is 16.1 Å². The number of anilines is 1. The Morgan fingerprint density at radius 3 is 2.26 bits per heavy atom. The average molecular weight is 488 g/mol. The van der Waals surface area contributed by atoms with Gasteiger partial charge in [0.1, 0.15) is 5.82 Å². The van der Waals surface area contributed by atoms with Gasteiger partial charge in [0.15, 0.2) is 11.5 Å². The molecule has 2 N–H and O–H groups in total. The van der Waals surface area contributed by atoms with Gasteiger partial charge in [-0.15, -0.1) is 0 Å². The normalized spacial score (nSPS) is 14.3. The molecule has 1 aliphatic rings. The molecule has 0 aromatic heterocycles. The molecule has 9 heteroatoms. The van der Waals surface area contributed by atoms with E-state index in [0.717, 1.165) is 31.5 Å². The fourth-order valence-electron chi connectivity index (χ4n) is 4.13. The first-order chi connectivity index (χ1) is 16.8. The molecule has 3 rings (SSSR count). The number of hydrogen-bond acceptors (Lipinski definition) is 6. The Kier molecular flexibility index (Phi) is 9.31. The summed E-state index contributed by atoms with van der Waals surface area (Å²) in [4.78, 5) is 27.2. The number of nitrogens with zero attached hydrogens (tertiary/aromatic N) is 1. The van der Waals surface area contributed by atoms with Crippen LogP contribution in [-0.4, -0.2) is 57.7 Å². The zero-order chi connectivity index (χ0) is 25.4. The van der Waals surface area contributed by atoms with Crippen LogP contribution in [0.4, 0.5) is 10.1 Å². The molecule has 0 unspecified atom stereocenters. The summed E-state index contributed by atoms with van der Waals surface area (Å²) >= 11 is 0. The summed E-state index contributed by atoms with van der Waals surface area (Å²) in [6.45, 7) is 4.12. The van der Waals surface area contributed by atoms with Crippen molar-refractivity contribution in [2.75, 3.05) is 46.3 Å². The molecule has 8 nitrogen and oxygen atoms in total. The van der Waals surface area contributed by atoms with Gasteiger partial charge in [0, 0.05) is 43.2 Å². The van der Waals surface area contributed by atoms with Gasteiger partial charge in [-0.05, 0) is 50.0 Å². The van der Waals surface area contributed by atoms with E-state index >= 15 is 0 Å². The lowest BCUT2D eigenvalue weighted by Crippen LogP contribution is -2.41. The van der Waals surface area contributed by atoms with Gasteiger partial charge in [-0.2, -0.15) is 0 Å². The number of amides is 2. The lowest BCUT2D eigenvalue weighted by atomic mass is 9.95. The zero-order valence-corrected chi connectivity index (χ0v) is 20.8. The number of piperidine rings is 1. The summed E-state index contributed by atoms with van der Waals surface area (Å²) < 4.78 is 29.6. The summed E-state index contributed by atoms with van der Waals surface area (Å²) in [7, 11) is 4.57. The van der Waals surface area contributed by atoms with Crippen LogP contribution in [0.2, 0.25) is 0 Å². The van der Waals surface area contributed by atoms with Crippen LogP contribution >= 0.6 is 0 Å². The van der Waals surface area contributed by atoms with Gasteiger partial charge in [-0.1, -0.05) is 12.1 Å². The lowest BCUT2D eigenvalue weighted by Gasteiger charge is -2.31. The van der Waals surface area contributed by atoms with Crippen molar-refractivity contribution in [2.24, 2.45) is 5.92 Å². The van der Waals surface area contributed by atoms with Crippen LogP contribution in [0.1, 0.15) is 30.4 Å². The second-order valence-electron chi connectivity index (χ2n) is 8.63. The van der Waals surface area contributed by atoms with E-state index in [1.165, 1.54) is 27.4 Å². The van der Waals surface area contributed by atoms with Gasteiger partial charge < -0.3 is 29.7 Å². The van der Waals surface area contributed by atoms with Crippen molar-refractivity contribution < 1.29 is 28.2 Å². The van der Waals surface area contributed by atoms with Crippen molar-refractivity contribution in [3.05, 3.63) is 47.3 Å². The molecule has 0 aliphatic carbocycles. The Balaban J connectivity index is 1.42. The third-order valence-electron chi connectivity index (χ3n) is 6.26. The Morgan fingerprint density at radius 1 is 1.03 bits per heavy atom. The standard InChI is InChI=1S/C26H34FN3O5/c1-17-5-6-18(13-21(17)27)16-28-26(32)19-7-10-30(11-8-19)12-9-24(31)29-20-14-22(33-2)25(35-4)23(15-20)34-3/h5-6,13-15,19H,7-12,16H2,1-4H3,(H,28,32)(H,29,31). The van der Waals surface area contributed by atoms with E-state index in [4.69, 9.17) is 14.2 Å². The summed E-state index contributed by atoms with van der Waals surface area (Å²) in [6.07, 6.45) is 1.78. The Bertz CT molecular complexity index is 1010. The fraction of sp³-hybridized carbons (Fsp3) is 0.462. The van der Waals surface area contributed by atoms with Gasteiger partial charge >= 0.3 is 0 Å². The number of aryl methyl sites for hydroxylation is 1. The Hall–Kier alpha value is -3.33. The summed E-state index contributed by atoms with van der Waals surface area (Å²) in [5.74, 6) is 0.931. The predicted molar refractivity (Wildman–Crippen MR) is 131 cm³/mol. The quantitative estimate of drug-likeness (QED) is 0.533. The summed E-state index contributed by atoms with van der Waals surface area (Å²) in [5.41, 5.74) is 1.90. The number of ether oxygens (including phenoxy) is 3. The molecule has 2 aromatic rings. The molecular formula is C26H34FN3O5. The molecule has 0 atom stereocenters. The second kappa shape index (κ2) is 12.4. The van der Waals surface area contributed by atoms with E-state index in [1.807, 2.05) is 6.07 Å². The highest BCUT2D eigenvalue weighted by molar-refractivity contribution is 5.91. The topological polar surface area (TPSA) is 89.1 Å². The number of carbonyl (C=O) groups excluding carboxylic acids is 2. The second-order valence-corrected chi connectivity index (χ2v) is 8.63. The number of carbonyl (C=O) groups is 2. The maximum atomic E-state index is 13.7. The Morgan fingerprint density at radius 2 is 1.69 bits per heavy atom. The minimum absolute atomic E-state index is 0.00854. The first-order valence-corrected chi connectivity index (χ1v) is 11.7. The first-order valence-electron chi connectivity index (χ1n) is 11.7. The average Bonchev–Trinajstić information content (AvgIpc) is 2.87. The summed E-state index contributed by atoms with van der Waals surface area (Å²) in [6, 6.07) is 8.38. The molecule has 0 spiro atoms. The van der Waals surface area contributed by atoms with Crippen LogP contribution in [0.15, 0.2) is 30.3 Å². The number of hydrogen-bond donors (Lipinski definition) is 2. The van der Waals surface area contributed by atoms with Gasteiger partial charge in [-0.3, -0.25) is 9.59 Å². The third kappa shape index (κ3) is 7.08. The highest BCUT2D eigenvalue weighted by atomic mass is 19.1. The number of rotatable bonds is 10. The van der Waals surface area contributed by atoms with Gasteiger partial charge in [0.2, 0.25) is 17.6 Å². The van der Waals surface area contributed by atoms with Crippen LogP contribution in [0.3, 0.4) is 0 Å². The number of methoxy groups -OCH3 is 3. The van der Waals surface area contributed by atoms with Crippen LogP contribution in [0.5, 0.6) is 17.2 Å². The minimum Gasteiger partial charge on any atom is -0.493 e. The molecule has 190 valence electrons. The van der Waals surface area contributed by atoms with Gasteiger partial charge in [0.05, 0.1) is 21.3 Å². The van der Waals surface area contributed by atoms with Gasteiger partial charge in [-0.25, -0.2) is 4.39 Å². The molecule has 0 saturated carbocycles. The van der Waals surface area contributed by atoms with E-state index in [0.29, 0.717) is 48.0 Å². The number of benzene rings is 2. The van der Waals surface area contributed by atoms with Crippen molar-refractivity contribution in [3.63, 3.8) is 0 Å². The van der Waals surface area contributed by atoms with E-state index in [2.05, 4.69) is 15.5 Å². The molecule has 35 heavy (non-hydrogen) atoms. The summed E-state index contributed by atoms with van der Waals surface area (Å²) in [5, 5.41) is 5.79. The number of likely N-dealkylation sites (tertiary alicyclic amines) is 1. The highest BCUT2D eigenvalue weighted by Crippen LogP contribution is 2.39. The van der Waals surface area contributed by atoms with E-state index < -0.39 is 0 Å². The monoisotopic (exact) mass is 487 g/mol. The zero-order valence-electron chi connectivity index (χ0n) is 20.8. The molecule has 2 amide bonds. The van der Waals surface area contributed by atoms with E-state index in [-0.39, 0.29) is 23.5 Å². The van der Waals surface area contributed by atoms with Crippen molar-refractivity contribution in [1.82, 2.24) is 10.2 Å². The molecule has 1 heterocycles. The number of nitrogens with one attached hydrogen (secondary N) is 2. The minimum atomic E-state index is -0.264. The molecule has 1 saturated heterocycles. The smallest absolute Gasteiger partial charge is 0.225 e. The molecule has 1 fully saturated rings. The van der Waals surface area contributed by atoms with Gasteiger partial charge in [0.25, 0.3) is 0 Å². The van der Waals surface area contributed by atoms with Crippen molar-refractivity contribution >= 4 is 17.5 Å². The van der Waals surface area contributed by atoms with Crippen LogP contribution < -0.4 is 24.8 Å². The van der Waals surface area contributed by atoms with E-state index in [1.54, 1.807) is 25.1 Å². The highest BCUT2D eigenvalue weighted by Gasteiger charge is 2.25. The Labute approximate surface area is 205 Å². The maximum Gasteiger partial charge on any atom is 0.225 e. The van der Waals surface area contributed by atoms with Crippen molar-refractivity contribution in [3.8, 4) is 17.2 Å². The SMILES string of the molecule is COc1cc(NC(=O)CCN2CCC(C(=O)NCc3ccc(C)c(F)c3)CC2)cc(OC)c1OC. The number of halogens is 1. The first kappa shape index (κ1) is 26.3. The van der Waals surface area contributed by atoms with Crippen molar-refractivity contribution in [2.45, 2.75) is 32.7 Å². The van der Waals surface area contributed by atoms with Crippen molar-refractivity contribution in [1.29, 1.82) is 0 Å². The molecule has 2 aromatic carbocycles. The molecule has 1 aliphatic heterocycles. The molecular weight excluding hydrogens is 453 g/mol. The van der Waals surface area contributed by atoms with Crippen LogP contribution in [0.25, 0.3) is 0 Å². The molecule has 0 bridgehead atoms. The predicted octanol–water partition coefficient (Wildman–Crippen LogP) is 3.52. The maximum absolute atomic E-state index is 13.7.